The molecule has 5 heteroatoms. The summed E-state index contributed by atoms with van der Waals surface area (Å²) < 4.78 is 2.07. The Balaban J connectivity index is 2.18. The number of aliphatic hydroxyl groups is 1. The standard InChI is InChI=1S/C12H16Br2N2O/c13-10-2-1-9(7-11(10)14)12(8-17)16-5-3-15-4-6-16/h1-2,7,12,15,17H,3-6,8H2/t12-/m1/s1. The molecule has 2 rings (SSSR count). The van der Waals surface area contributed by atoms with E-state index in [2.05, 4.69) is 54.2 Å². The Morgan fingerprint density at radius 1 is 1.24 bits per heavy atom. The lowest BCUT2D eigenvalue weighted by Crippen LogP contribution is -2.46. The molecule has 1 heterocycles. The van der Waals surface area contributed by atoms with Gasteiger partial charge in [-0.25, -0.2) is 0 Å². The van der Waals surface area contributed by atoms with Gasteiger partial charge < -0.3 is 10.4 Å². The van der Waals surface area contributed by atoms with Gasteiger partial charge >= 0.3 is 0 Å². The first-order valence-electron chi connectivity index (χ1n) is 5.73. The molecule has 1 aliphatic rings. The highest BCUT2D eigenvalue weighted by Gasteiger charge is 2.21. The largest absolute Gasteiger partial charge is 0.394 e. The van der Waals surface area contributed by atoms with Gasteiger partial charge in [0.2, 0.25) is 0 Å². The predicted octanol–water partition coefficient (Wildman–Crippen LogP) is 2.15. The average molecular weight is 364 g/mol. The van der Waals surface area contributed by atoms with Crippen molar-refractivity contribution in [1.82, 2.24) is 10.2 Å². The average Bonchev–Trinajstić information content (AvgIpc) is 2.36. The molecule has 1 fully saturated rings. The monoisotopic (exact) mass is 362 g/mol. The first kappa shape index (κ1) is 13.5. The van der Waals surface area contributed by atoms with E-state index in [0.717, 1.165) is 40.7 Å². The van der Waals surface area contributed by atoms with Gasteiger partial charge in [0.1, 0.15) is 0 Å². The van der Waals surface area contributed by atoms with Gasteiger partial charge in [-0.15, -0.1) is 0 Å². The number of nitrogens with zero attached hydrogens (tertiary/aromatic N) is 1. The van der Waals surface area contributed by atoms with Crippen LogP contribution in [0.2, 0.25) is 0 Å². The second kappa shape index (κ2) is 6.29. The van der Waals surface area contributed by atoms with Crippen LogP contribution in [0.15, 0.2) is 27.1 Å². The summed E-state index contributed by atoms with van der Waals surface area (Å²) in [7, 11) is 0. The highest BCUT2D eigenvalue weighted by Crippen LogP contribution is 2.28. The fourth-order valence-electron chi connectivity index (χ4n) is 2.15. The van der Waals surface area contributed by atoms with Gasteiger partial charge in [0.25, 0.3) is 0 Å². The first-order chi connectivity index (χ1) is 8.22. The zero-order valence-corrected chi connectivity index (χ0v) is 12.7. The maximum atomic E-state index is 9.60. The van der Waals surface area contributed by atoms with Crippen LogP contribution in [-0.4, -0.2) is 42.8 Å². The minimum atomic E-state index is 0.0986. The quantitative estimate of drug-likeness (QED) is 0.863. The zero-order chi connectivity index (χ0) is 12.3. The van der Waals surface area contributed by atoms with Crippen LogP contribution in [0.3, 0.4) is 0 Å². The molecule has 17 heavy (non-hydrogen) atoms. The third kappa shape index (κ3) is 3.29. The molecule has 0 spiro atoms. The number of nitrogens with one attached hydrogen (secondary N) is 1. The second-order valence-corrected chi connectivity index (χ2v) is 5.87. The van der Waals surface area contributed by atoms with Crippen molar-refractivity contribution >= 4 is 31.9 Å². The summed E-state index contributed by atoms with van der Waals surface area (Å²) in [6.07, 6.45) is 0. The Kier molecular flexibility index (Phi) is 4.99. The summed E-state index contributed by atoms with van der Waals surface area (Å²) in [5.41, 5.74) is 1.16. The number of benzene rings is 1. The Morgan fingerprint density at radius 3 is 2.53 bits per heavy atom. The van der Waals surface area contributed by atoms with Crippen LogP contribution in [0.5, 0.6) is 0 Å². The summed E-state index contributed by atoms with van der Waals surface area (Å²) >= 11 is 6.97. The number of halogens is 2. The zero-order valence-electron chi connectivity index (χ0n) is 9.50. The SMILES string of the molecule is OC[C@H](c1ccc(Br)c(Br)c1)N1CCNCC1. The summed E-state index contributed by atoms with van der Waals surface area (Å²) in [6, 6.07) is 6.26. The molecular weight excluding hydrogens is 348 g/mol. The molecule has 0 bridgehead atoms. The van der Waals surface area contributed by atoms with Crippen molar-refractivity contribution in [1.29, 1.82) is 0 Å². The number of piperazine rings is 1. The Morgan fingerprint density at radius 2 is 1.94 bits per heavy atom. The third-order valence-corrected chi connectivity index (χ3v) is 4.97. The molecule has 0 unspecified atom stereocenters. The number of hydrogen-bond acceptors (Lipinski definition) is 3. The van der Waals surface area contributed by atoms with E-state index >= 15 is 0 Å². The molecule has 0 amide bonds. The van der Waals surface area contributed by atoms with E-state index in [9.17, 15) is 5.11 Å². The van der Waals surface area contributed by atoms with E-state index in [1.165, 1.54) is 0 Å². The van der Waals surface area contributed by atoms with E-state index in [1.807, 2.05) is 6.07 Å². The van der Waals surface area contributed by atoms with Gasteiger partial charge in [-0.3, -0.25) is 4.90 Å². The topological polar surface area (TPSA) is 35.5 Å². The van der Waals surface area contributed by atoms with Crippen molar-refractivity contribution in [2.75, 3.05) is 32.8 Å². The van der Waals surface area contributed by atoms with Gasteiger partial charge in [-0.05, 0) is 49.6 Å². The maximum Gasteiger partial charge on any atom is 0.0628 e. The van der Waals surface area contributed by atoms with E-state index in [-0.39, 0.29) is 12.6 Å². The molecule has 1 atom stereocenters. The summed E-state index contributed by atoms with van der Waals surface area (Å²) in [4.78, 5) is 2.33. The van der Waals surface area contributed by atoms with E-state index < -0.39 is 0 Å². The minimum absolute atomic E-state index is 0.0986. The molecular formula is C12H16Br2N2O. The molecule has 0 saturated carbocycles. The lowest BCUT2D eigenvalue weighted by atomic mass is 10.1. The minimum Gasteiger partial charge on any atom is -0.394 e. The second-order valence-electron chi connectivity index (χ2n) is 4.16. The number of hydrogen-bond donors (Lipinski definition) is 2. The molecule has 0 radical (unpaired) electrons. The van der Waals surface area contributed by atoms with Crippen molar-refractivity contribution in [2.45, 2.75) is 6.04 Å². The fourth-order valence-corrected chi connectivity index (χ4v) is 2.79. The van der Waals surface area contributed by atoms with Crippen LogP contribution in [0.1, 0.15) is 11.6 Å². The number of aliphatic hydroxyl groups excluding tert-OH is 1. The van der Waals surface area contributed by atoms with Crippen LogP contribution < -0.4 is 5.32 Å². The molecule has 3 nitrogen and oxygen atoms in total. The molecule has 1 aromatic carbocycles. The Bertz CT molecular complexity index is 381. The Hall–Kier alpha value is 0.0600. The van der Waals surface area contributed by atoms with Crippen LogP contribution in [0.4, 0.5) is 0 Å². The summed E-state index contributed by atoms with van der Waals surface area (Å²) in [5.74, 6) is 0. The van der Waals surface area contributed by atoms with E-state index in [4.69, 9.17) is 0 Å². The van der Waals surface area contributed by atoms with Crippen LogP contribution in [-0.2, 0) is 0 Å². The highest BCUT2D eigenvalue weighted by atomic mass is 79.9. The highest BCUT2D eigenvalue weighted by molar-refractivity contribution is 9.13. The fraction of sp³-hybridized carbons (Fsp3) is 0.500. The van der Waals surface area contributed by atoms with Gasteiger partial charge in [-0.2, -0.15) is 0 Å². The first-order valence-corrected chi connectivity index (χ1v) is 7.31. The van der Waals surface area contributed by atoms with Gasteiger partial charge in [0.15, 0.2) is 0 Å². The maximum absolute atomic E-state index is 9.60. The van der Waals surface area contributed by atoms with Gasteiger partial charge in [0.05, 0.1) is 12.6 Å². The summed E-state index contributed by atoms with van der Waals surface area (Å²) in [5, 5.41) is 12.9. The van der Waals surface area contributed by atoms with Gasteiger partial charge in [0, 0.05) is 35.1 Å². The lowest BCUT2D eigenvalue weighted by Gasteiger charge is -2.34. The molecule has 0 aliphatic carbocycles. The van der Waals surface area contributed by atoms with Crippen molar-refractivity contribution < 1.29 is 5.11 Å². The van der Waals surface area contributed by atoms with Crippen LogP contribution >= 0.6 is 31.9 Å². The van der Waals surface area contributed by atoms with Crippen molar-refractivity contribution in [3.63, 3.8) is 0 Å². The van der Waals surface area contributed by atoms with Crippen molar-refractivity contribution in [3.8, 4) is 0 Å². The third-order valence-electron chi connectivity index (χ3n) is 3.09. The van der Waals surface area contributed by atoms with Crippen LogP contribution in [0.25, 0.3) is 0 Å². The van der Waals surface area contributed by atoms with Crippen molar-refractivity contribution in [2.24, 2.45) is 0 Å². The molecule has 2 N–H and O–H groups in total. The van der Waals surface area contributed by atoms with E-state index in [1.54, 1.807) is 0 Å². The molecule has 0 aromatic heterocycles. The van der Waals surface area contributed by atoms with E-state index in [0.29, 0.717) is 0 Å². The molecule has 1 aromatic rings. The normalized spacial score (nSPS) is 19.2. The smallest absolute Gasteiger partial charge is 0.0628 e. The predicted molar refractivity (Wildman–Crippen MR) is 76.1 cm³/mol. The number of rotatable bonds is 3. The molecule has 1 aliphatic heterocycles. The van der Waals surface area contributed by atoms with Gasteiger partial charge in [-0.1, -0.05) is 6.07 Å². The van der Waals surface area contributed by atoms with Crippen LogP contribution in [0, 0.1) is 0 Å². The molecule has 1 saturated heterocycles. The van der Waals surface area contributed by atoms with Crippen molar-refractivity contribution in [3.05, 3.63) is 32.7 Å². The summed E-state index contributed by atoms with van der Waals surface area (Å²) in [6.45, 7) is 4.12. The molecule has 94 valence electrons. The Labute approximate surface area is 118 Å². The lowest BCUT2D eigenvalue weighted by molar-refractivity contribution is 0.111.